The second-order valence-electron chi connectivity index (χ2n) is 2.70. The van der Waals surface area contributed by atoms with E-state index in [1.54, 1.807) is 18.2 Å². The fourth-order valence-corrected chi connectivity index (χ4v) is 0.938. The average Bonchev–Trinajstić information content (AvgIpc) is 2.28. The predicted octanol–water partition coefficient (Wildman–Crippen LogP) is 1.11. The van der Waals surface area contributed by atoms with Gasteiger partial charge in [0, 0.05) is 11.3 Å². The third-order valence-corrected chi connectivity index (χ3v) is 1.55. The van der Waals surface area contributed by atoms with Crippen molar-refractivity contribution in [3.05, 3.63) is 29.8 Å². The van der Waals surface area contributed by atoms with Gasteiger partial charge >= 0.3 is 5.97 Å². The van der Waals surface area contributed by atoms with E-state index >= 15 is 0 Å². The van der Waals surface area contributed by atoms with Crippen LogP contribution in [0, 0.1) is 0 Å². The molecule has 0 saturated carbocycles. The van der Waals surface area contributed by atoms with Gasteiger partial charge < -0.3 is 16.2 Å². The highest BCUT2D eigenvalue weighted by Gasteiger charge is 2.06. The molecule has 16 heavy (non-hydrogen) atoms. The lowest BCUT2D eigenvalue weighted by Crippen LogP contribution is -2.29. The number of nitrogens with one attached hydrogen (secondary N) is 1. The molecule has 0 atom stereocenters. The third-order valence-electron chi connectivity index (χ3n) is 1.55. The summed E-state index contributed by atoms with van der Waals surface area (Å²) in [6, 6.07) is 6.32. The van der Waals surface area contributed by atoms with E-state index in [0.29, 0.717) is 11.3 Å². The van der Waals surface area contributed by atoms with Crippen LogP contribution in [0.4, 0.5) is 5.69 Å². The maximum atomic E-state index is 11.3. The van der Waals surface area contributed by atoms with Gasteiger partial charge in [-0.2, -0.15) is 0 Å². The molecule has 0 aliphatic carbocycles. The van der Waals surface area contributed by atoms with Crippen LogP contribution in [0.3, 0.4) is 0 Å². The molecule has 0 fully saturated rings. The zero-order chi connectivity index (χ0) is 12.6. The molecule has 0 aliphatic heterocycles. The van der Waals surface area contributed by atoms with E-state index in [1.807, 2.05) is 13.8 Å². The van der Waals surface area contributed by atoms with Crippen molar-refractivity contribution in [1.82, 2.24) is 5.32 Å². The Kier molecular flexibility index (Phi) is 6.35. The fraction of sp³-hybridized carbons (Fsp3) is 0.273. The van der Waals surface area contributed by atoms with E-state index < -0.39 is 18.4 Å². The summed E-state index contributed by atoms with van der Waals surface area (Å²) in [6.45, 7) is 3.60. The van der Waals surface area contributed by atoms with E-state index in [-0.39, 0.29) is 0 Å². The largest absolute Gasteiger partial charge is 0.480 e. The first-order valence-corrected chi connectivity index (χ1v) is 4.95. The van der Waals surface area contributed by atoms with Crippen molar-refractivity contribution in [3.63, 3.8) is 0 Å². The van der Waals surface area contributed by atoms with Crippen molar-refractivity contribution in [2.45, 2.75) is 13.8 Å². The summed E-state index contributed by atoms with van der Waals surface area (Å²) in [7, 11) is 0. The van der Waals surface area contributed by atoms with Gasteiger partial charge in [-0.25, -0.2) is 0 Å². The number of aliphatic carboxylic acids is 1. The lowest BCUT2D eigenvalue weighted by molar-refractivity contribution is -0.135. The molecule has 5 nitrogen and oxygen atoms in total. The van der Waals surface area contributed by atoms with Gasteiger partial charge in [-0.15, -0.1) is 0 Å². The van der Waals surface area contributed by atoms with Gasteiger partial charge in [0.2, 0.25) is 0 Å². The van der Waals surface area contributed by atoms with E-state index in [9.17, 15) is 9.59 Å². The molecule has 0 saturated heterocycles. The van der Waals surface area contributed by atoms with Crippen LogP contribution in [0.2, 0.25) is 0 Å². The summed E-state index contributed by atoms with van der Waals surface area (Å²) in [5, 5.41) is 10.6. The number of nitrogens with two attached hydrogens (primary N) is 1. The van der Waals surface area contributed by atoms with E-state index in [4.69, 9.17) is 10.8 Å². The molecule has 1 rings (SSSR count). The Labute approximate surface area is 94.3 Å². The minimum atomic E-state index is -1.08. The predicted molar refractivity (Wildman–Crippen MR) is 62.2 cm³/mol. The molecule has 0 radical (unpaired) electrons. The normalized spacial score (nSPS) is 8.62. The summed E-state index contributed by atoms with van der Waals surface area (Å²) in [6.07, 6.45) is 0. The number of carboxylic acids is 1. The second kappa shape index (κ2) is 7.28. The third kappa shape index (κ3) is 4.99. The van der Waals surface area contributed by atoms with Gasteiger partial charge in [0.05, 0.1) is 0 Å². The highest BCUT2D eigenvalue weighted by molar-refractivity contribution is 5.96. The molecule has 0 bridgehead atoms. The van der Waals surface area contributed by atoms with Gasteiger partial charge in [0.25, 0.3) is 5.91 Å². The summed E-state index contributed by atoms with van der Waals surface area (Å²) in [4.78, 5) is 21.4. The van der Waals surface area contributed by atoms with Crippen LogP contribution in [-0.2, 0) is 4.79 Å². The van der Waals surface area contributed by atoms with Crippen LogP contribution in [0.1, 0.15) is 24.2 Å². The first-order valence-electron chi connectivity index (χ1n) is 4.95. The minimum Gasteiger partial charge on any atom is -0.480 e. The Bertz CT molecular complexity index is 364. The first kappa shape index (κ1) is 14.0. The molecule has 0 aromatic heterocycles. The second-order valence-corrected chi connectivity index (χ2v) is 2.70. The number of carbonyl (C=O) groups excluding carboxylic acids is 1. The van der Waals surface area contributed by atoms with E-state index in [2.05, 4.69) is 5.32 Å². The number of carboxylic acid groups (broad SMARTS) is 1. The molecular formula is C11H16N2O3. The number of rotatable bonds is 3. The van der Waals surface area contributed by atoms with E-state index in [1.165, 1.54) is 6.07 Å². The van der Waals surface area contributed by atoms with Crippen LogP contribution < -0.4 is 11.1 Å². The van der Waals surface area contributed by atoms with Crippen molar-refractivity contribution in [2.24, 2.45) is 0 Å². The number of nitrogen functional groups attached to an aromatic ring is 1. The number of hydrogen-bond donors (Lipinski definition) is 3. The lowest BCUT2D eigenvalue weighted by atomic mass is 10.2. The zero-order valence-corrected chi connectivity index (χ0v) is 9.36. The Morgan fingerprint density at radius 2 is 2.00 bits per heavy atom. The van der Waals surface area contributed by atoms with Crippen LogP contribution in [0.25, 0.3) is 0 Å². The average molecular weight is 224 g/mol. The van der Waals surface area contributed by atoms with Crippen molar-refractivity contribution in [3.8, 4) is 0 Å². The summed E-state index contributed by atoms with van der Waals surface area (Å²) in [5.74, 6) is -1.53. The highest BCUT2D eigenvalue weighted by atomic mass is 16.4. The Hall–Kier alpha value is -2.04. The Balaban J connectivity index is 0.00000106. The van der Waals surface area contributed by atoms with Gasteiger partial charge in [-0.1, -0.05) is 19.9 Å². The van der Waals surface area contributed by atoms with Crippen molar-refractivity contribution in [2.75, 3.05) is 12.3 Å². The van der Waals surface area contributed by atoms with Crippen molar-refractivity contribution in [1.29, 1.82) is 0 Å². The molecule has 0 spiro atoms. The SMILES string of the molecule is CC.Nc1cccc(C(=O)NCC(=O)O)c1. The van der Waals surface area contributed by atoms with Crippen LogP contribution in [-0.4, -0.2) is 23.5 Å². The molecule has 1 aromatic rings. The summed E-state index contributed by atoms with van der Waals surface area (Å²) >= 11 is 0. The number of amides is 1. The van der Waals surface area contributed by atoms with Crippen LogP contribution in [0.5, 0.6) is 0 Å². The van der Waals surface area contributed by atoms with Crippen LogP contribution in [0.15, 0.2) is 24.3 Å². The molecule has 88 valence electrons. The summed E-state index contributed by atoms with van der Waals surface area (Å²) in [5.41, 5.74) is 6.27. The van der Waals surface area contributed by atoms with Gasteiger partial charge in [0.15, 0.2) is 0 Å². The number of hydrogen-bond acceptors (Lipinski definition) is 3. The monoisotopic (exact) mass is 224 g/mol. The molecule has 0 aliphatic rings. The first-order chi connectivity index (χ1) is 7.59. The maximum absolute atomic E-state index is 11.3. The van der Waals surface area contributed by atoms with Crippen LogP contribution >= 0.6 is 0 Å². The molecule has 1 aromatic carbocycles. The fourth-order valence-electron chi connectivity index (χ4n) is 0.938. The topological polar surface area (TPSA) is 92.4 Å². The molecule has 4 N–H and O–H groups in total. The number of benzene rings is 1. The van der Waals surface area contributed by atoms with Crippen molar-refractivity contribution >= 4 is 17.6 Å². The molecule has 5 heteroatoms. The zero-order valence-electron chi connectivity index (χ0n) is 9.36. The Morgan fingerprint density at radius 1 is 1.38 bits per heavy atom. The minimum absolute atomic E-state index is 0.353. The number of carbonyl (C=O) groups is 2. The van der Waals surface area contributed by atoms with Gasteiger partial charge in [-0.3, -0.25) is 9.59 Å². The quantitative estimate of drug-likeness (QED) is 0.670. The summed E-state index contributed by atoms with van der Waals surface area (Å²) < 4.78 is 0. The molecule has 0 heterocycles. The standard InChI is InChI=1S/C9H10N2O3.C2H6/c10-7-3-1-2-6(4-7)9(14)11-5-8(12)13;1-2/h1-4H,5,10H2,(H,11,14)(H,12,13);1-2H3. The molecular weight excluding hydrogens is 208 g/mol. The van der Waals surface area contributed by atoms with Gasteiger partial charge in [-0.05, 0) is 18.2 Å². The highest BCUT2D eigenvalue weighted by Crippen LogP contribution is 2.05. The molecule has 0 unspecified atom stereocenters. The van der Waals surface area contributed by atoms with E-state index in [0.717, 1.165) is 0 Å². The Morgan fingerprint density at radius 3 is 2.50 bits per heavy atom. The van der Waals surface area contributed by atoms with Crippen molar-refractivity contribution < 1.29 is 14.7 Å². The maximum Gasteiger partial charge on any atom is 0.322 e. The number of anilines is 1. The lowest BCUT2D eigenvalue weighted by Gasteiger charge is -2.02. The van der Waals surface area contributed by atoms with Gasteiger partial charge in [0.1, 0.15) is 6.54 Å². The smallest absolute Gasteiger partial charge is 0.322 e. The molecule has 1 amide bonds.